The van der Waals surface area contributed by atoms with E-state index in [0.29, 0.717) is 16.9 Å². The number of carbonyl (C=O) groups excluding carboxylic acids is 1. The number of phenols is 1. The molecule has 2 heterocycles. The van der Waals surface area contributed by atoms with E-state index in [1.54, 1.807) is 30.5 Å². The molecular weight excluding hydrogens is 266 g/mol. The van der Waals surface area contributed by atoms with Gasteiger partial charge in [-0.25, -0.2) is 4.98 Å². The van der Waals surface area contributed by atoms with Crippen molar-refractivity contribution in [1.82, 2.24) is 9.38 Å². The van der Waals surface area contributed by atoms with Crippen molar-refractivity contribution in [3.63, 3.8) is 0 Å². The zero-order valence-corrected chi connectivity index (χ0v) is 11.8. The normalized spacial score (nSPS) is 10.8. The largest absolute Gasteiger partial charge is 0.506 e. The van der Waals surface area contributed by atoms with E-state index in [4.69, 9.17) is 0 Å². The van der Waals surface area contributed by atoms with E-state index in [1.165, 1.54) is 0 Å². The van der Waals surface area contributed by atoms with Crippen LogP contribution in [0.25, 0.3) is 5.65 Å². The van der Waals surface area contributed by atoms with Crippen LogP contribution in [0.2, 0.25) is 0 Å². The van der Waals surface area contributed by atoms with Crippen LogP contribution in [0.1, 0.15) is 21.6 Å². The summed E-state index contributed by atoms with van der Waals surface area (Å²) in [6.07, 6.45) is 3.68. The summed E-state index contributed by atoms with van der Waals surface area (Å²) in [7, 11) is 0. The van der Waals surface area contributed by atoms with Gasteiger partial charge < -0.3 is 14.8 Å². The monoisotopic (exact) mass is 281 g/mol. The van der Waals surface area contributed by atoms with Crippen LogP contribution in [0.3, 0.4) is 0 Å². The maximum atomic E-state index is 12.2. The Balaban J connectivity index is 1.89. The second kappa shape index (κ2) is 4.94. The lowest BCUT2D eigenvalue weighted by Gasteiger charge is -2.08. The number of aromatic nitrogens is 2. The Kier molecular flexibility index (Phi) is 3.10. The van der Waals surface area contributed by atoms with Gasteiger partial charge >= 0.3 is 0 Å². The van der Waals surface area contributed by atoms with E-state index in [2.05, 4.69) is 10.3 Å². The first-order valence-electron chi connectivity index (χ1n) is 6.59. The molecule has 1 aromatic carbocycles. The highest BCUT2D eigenvalue weighted by atomic mass is 16.3. The molecule has 0 bridgehead atoms. The smallest absolute Gasteiger partial charge is 0.255 e. The van der Waals surface area contributed by atoms with Crippen molar-refractivity contribution in [2.75, 3.05) is 5.32 Å². The number of amides is 1. The van der Waals surface area contributed by atoms with Crippen molar-refractivity contribution in [2.24, 2.45) is 0 Å². The molecule has 0 atom stereocenters. The predicted octanol–water partition coefficient (Wildman–Crippen LogP) is 2.91. The fraction of sp³-hybridized carbons (Fsp3) is 0.125. The van der Waals surface area contributed by atoms with Gasteiger partial charge in [0.1, 0.15) is 11.4 Å². The predicted molar refractivity (Wildman–Crippen MR) is 80.7 cm³/mol. The summed E-state index contributed by atoms with van der Waals surface area (Å²) in [6.45, 7) is 3.77. The summed E-state index contributed by atoms with van der Waals surface area (Å²) in [5, 5.41) is 12.5. The number of anilines is 1. The molecule has 3 rings (SSSR count). The summed E-state index contributed by atoms with van der Waals surface area (Å²) in [5.74, 6) is -0.224. The summed E-state index contributed by atoms with van der Waals surface area (Å²) < 4.78 is 1.86. The van der Waals surface area contributed by atoms with Gasteiger partial charge in [0, 0.05) is 18.0 Å². The molecule has 5 nitrogen and oxygen atoms in total. The van der Waals surface area contributed by atoms with Gasteiger partial charge in [-0.3, -0.25) is 4.79 Å². The number of imidazole rings is 1. The molecule has 2 aromatic heterocycles. The number of phenolic OH excluding ortho intramolecular Hbond substituents is 1. The van der Waals surface area contributed by atoms with Gasteiger partial charge in [-0.2, -0.15) is 0 Å². The molecule has 0 fully saturated rings. The molecule has 5 heteroatoms. The van der Waals surface area contributed by atoms with Crippen LogP contribution >= 0.6 is 0 Å². The highest BCUT2D eigenvalue weighted by Gasteiger charge is 2.10. The number of carbonyl (C=O) groups is 1. The molecule has 0 saturated heterocycles. The average molecular weight is 281 g/mol. The number of nitrogens with zero attached hydrogens (tertiary/aromatic N) is 2. The number of rotatable bonds is 2. The first-order valence-corrected chi connectivity index (χ1v) is 6.59. The van der Waals surface area contributed by atoms with E-state index in [9.17, 15) is 9.90 Å². The third-order valence-corrected chi connectivity index (χ3v) is 3.24. The number of nitrogens with one attached hydrogen (secondary N) is 1. The fourth-order valence-corrected chi connectivity index (χ4v) is 2.19. The third kappa shape index (κ3) is 2.58. The van der Waals surface area contributed by atoms with Crippen LogP contribution in [0.5, 0.6) is 5.75 Å². The Bertz CT molecular complexity index is 837. The quantitative estimate of drug-likeness (QED) is 0.710. The molecular formula is C16H15N3O2. The van der Waals surface area contributed by atoms with Gasteiger partial charge in [-0.15, -0.1) is 0 Å². The number of aryl methyl sites for hydroxylation is 2. The lowest BCUT2D eigenvalue weighted by molar-refractivity contribution is 0.102. The van der Waals surface area contributed by atoms with Gasteiger partial charge in [0.05, 0.1) is 11.4 Å². The Labute approximate surface area is 121 Å². The van der Waals surface area contributed by atoms with E-state index >= 15 is 0 Å². The maximum absolute atomic E-state index is 12.2. The molecule has 0 saturated carbocycles. The summed E-state index contributed by atoms with van der Waals surface area (Å²) in [5.41, 5.74) is 3.43. The van der Waals surface area contributed by atoms with Crippen molar-refractivity contribution in [3.8, 4) is 5.75 Å². The zero-order valence-electron chi connectivity index (χ0n) is 11.8. The SMILES string of the molecule is Cc1ccc(NC(=O)c2ccn3cc(C)nc3c2)c(O)c1. The van der Waals surface area contributed by atoms with Gasteiger partial charge in [0.2, 0.25) is 0 Å². The van der Waals surface area contributed by atoms with Gasteiger partial charge in [-0.1, -0.05) is 6.07 Å². The standard InChI is InChI=1S/C16H15N3O2/c1-10-3-4-13(14(20)7-10)18-16(21)12-5-6-19-9-11(2)17-15(19)8-12/h3-9,20H,1-2H3,(H,18,21). The van der Waals surface area contributed by atoms with Crippen LogP contribution in [0, 0.1) is 13.8 Å². The Morgan fingerprint density at radius 3 is 2.81 bits per heavy atom. The Morgan fingerprint density at radius 2 is 2.05 bits per heavy atom. The van der Waals surface area contributed by atoms with Crippen molar-refractivity contribution >= 4 is 17.2 Å². The molecule has 0 unspecified atom stereocenters. The van der Waals surface area contributed by atoms with Crippen molar-refractivity contribution in [1.29, 1.82) is 0 Å². The summed E-state index contributed by atoms with van der Waals surface area (Å²) in [6, 6.07) is 8.55. The molecule has 1 amide bonds. The third-order valence-electron chi connectivity index (χ3n) is 3.24. The molecule has 0 spiro atoms. The Hall–Kier alpha value is -2.82. The molecule has 3 aromatic rings. The van der Waals surface area contributed by atoms with Crippen molar-refractivity contribution in [3.05, 3.63) is 59.5 Å². The molecule has 106 valence electrons. The second-order valence-corrected chi connectivity index (χ2v) is 5.04. The van der Waals surface area contributed by atoms with E-state index in [1.807, 2.05) is 30.5 Å². The highest BCUT2D eigenvalue weighted by molar-refractivity contribution is 6.05. The number of pyridine rings is 1. The summed E-state index contributed by atoms with van der Waals surface area (Å²) >= 11 is 0. The molecule has 2 N–H and O–H groups in total. The van der Waals surface area contributed by atoms with E-state index in [-0.39, 0.29) is 11.7 Å². The maximum Gasteiger partial charge on any atom is 0.255 e. The van der Waals surface area contributed by atoms with Crippen LogP contribution in [0.15, 0.2) is 42.7 Å². The van der Waals surface area contributed by atoms with Crippen LogP contribution < -0.4 is 5.32 Å². The van der Waals surface area contributed by atoms with E-state index < -0.39 is 0 Å². The minimum Gasteiger partial charge on any atom is -0.506 e. The Morgan fingerprint density at radius 1 is 1.24 bits per heavy atom. The van der Waals surface area contributed by atoms with Crippen LogP contribution in [-0.4, -0.2) is 20.4 Å². The highest BCUT2D eigenvalue weighted by Crippen LogP contribution is 2.24. The zero-order chi connectivity index (χ0) is 15.0. The molecule has 0 radical (unpaired) electrons. The first kappa shape index (κ1) is 13.2. The molecule has 0 aliphatic heterocycles. The molecule has 0 aliphatic carbocycles. The number of hydrogen-bond acceptors (Lipinski definition) is 3. The fourth-order valence-electron chi connectivity index (χ4n) is 2.19. The minimum absolute atomic E-state index is 0.0566. The lowest BCUT2D eigenvalue weighted by atomic mass is 10.2. The van der Waals surface area contributed by atoms with Crippen LogP contribution in [0.4, 0.5) is 5.69 Å². The first-order chi connectivity index (χ1) is 10.0. The van der Waals surface area contributed by atoms with E-state index in [0.717, 1.165) is 11.3 Å². The number of aromatic hydroxyl groups is 1. The van der Waals surface area contributed by atoms with Gasteiger partial charge in [0.15, 0.2) is 0 Å². The van der Waals surface area contributed by atoms with Crippen molar-refractivity contribution < 1.29 is 9.90 Å². The lowest BCUT2D eigenvalue weighted by Crippen LogP contribution is -2.12. The average Bonchev–Trinajstić information content (AvgIpc) is 2.80. The van der Waals surface area contributed by atoms with Crippen molar-refractivity contribution in [2.45, 2.75) is 13.8 Å². The molecule has 0 aliphatic rings. The van der Waals surface area contributed by atoms with Gasteiger partial charge in [0.25, 0.3) is 5.91 Å². The molecule has 21 heavy (non-hydrogen) atoms. The second-order valence-electron chi connectivity index (χ2n) is 5.04. The topological polar surface area (TPSA) is 66.6 Å². The minimum atomic E-state index is -0.280. The van der Waals surface area contributed by atoms with Gasteiger partial charge in [-0.05, 0) is 43.7 Å². The van der Waals surface area contributed by atoms with Crippen LogP contribution in [-0.2, 0) is 0 Å². The number of hydrogen-bond donors (Lipinski definition) is 2. The number of fused-ring (bicyclic) bond motifs is 1. The summed E-state index contributed by atoms with van der Waals surface area (Å²) in [4.78, 5) is 16.6. The number of benzene rings is 1.